The van der Waals surface area contributed by atoms with E-state index in [1.54, 1.807) is 24.2 Å². The SMILES string of the molecule is CC(C)(C)c1cnc(CSc2cnc(NC(=O)C3CCN(CC(=O)O)CC3)s2)o1. The van der Waals surface area contributed by atoms with Crippen molar-refractivity contribution in [2.75, 3.05) is 25.0 Å². The second-order valence-corrected chi connectivity index (χ2v) is 10.4. The molecule has 3 rings (SSSR count). The summed E-state index contributed by atoms with van der Waals surface area (Å²) in [6.07, 6.45) is 4.84. The van der Waals surface area contributed by atoms with Gasteiger partial charge in [0.05, 0.1) is 28.9 Å². The Morgan fingerprint density at radius 3 is 2.66 bits per heavy atom. The van der Waals surface area contributed by atoms with Crippen LogP contribution in [0.3, 0.4) is 0 Å². The molecular formula is C19H26N4O4S2. The number of nitrogens with zero attached hydrogens (tertiary/aromatic N) is 3. The summed E-state index contributed by atoms with van der Waals surface area (Å²) in [5.41, 5.74) is -0.0678. The molecule has 29 heavy (non-hydrogen) atoms. The molecule has 2 aromatic rings. The Labute approximate surface area is 178 Å². The number of rotatable bonds is 7. The Balaban J connectivity index is 1.46. The zero-order valence-corrected chi connectivity index (χ0v) is 18.4. The first-order chi connectivity index (χ1) is 13.7. The molecule has 0 aliphatic carbocycles. The fourth-order valence-corrected chi connectivity index (χ4v) is 4.72. The molecule has 2 aromatic heterocycles. The van der Waals surface area contributed by atoms with Crippen LogP contribution in [0, 0.1) is 5.92 Å². The maximum Gasteiger partial charge on any atom is 0.317 e. The third kappa shape index (κ3) is 6.28. The largest absolute Gasteiger partial charge is 0.480 e. The summed E-state index contributed by atoms with van der Waals surface area (Å²) in [5, 5.41) is 12.3. The van der Waals surface area contributed by atoms with Crippen LogP contribution in [0.25, 0.3) is 0 Å². The van der Waals surface area contributed by atoms with Crippen LogP contribution in [0.5, 0.6) is 0 Å². The Hall–Kier alpha value is -1.91. The number of oxazole rings is 1. The topological polar surface area (TPSA) is 109 Å². The predicted molar refractivity (Wildman–Crippen MR) is 112 cm³/mol. The number of thiazole rings is 1. The van der Waals surface area contributed by atoms with Gasteiger partial charge < -0.3 is 14.8 Å². The lowest BCUT2D eigenvalue weighted by molar-refractivity contribution is -0.138. The van der Waals surface area contributed by atoms with Crippen molar-refractivity contribution in [3.05, 3.63) is 24.0 Å². The van der Waals surface area contributed by atoms with Gasteiger partial charge in [-0.05, 0) is 25.9 Å². The number of nitrogens with one attached hydrogen (secondary N) is 1. The van der Waals surface area contributed by atoms with Gasteiger partial charge in [-0.2, -0.15) is 0 Å². The van der Waals surface area contributed by atoms with Gasteiger partial charge in [0.1, 0.15) is 5.76 Å². The molecule has 1 amide bonds. The number of amides is 1. The minimum absolute atomic E-state index is 0.0309. The Morgan fingerprint density at radius 2 is 2.03 bits per heavy atom. The number of piperidine rings is 1. The fourth-order valence-electron chi connectivity index (χ4n) is 2.99. The maximum absolute atomic E-state index is 12.5. The monoisotopic (exact) mass is 438 g/mol. The van der Waals surface area contributed by atoms with Crippen LogP contribution in [0.1, 0.15) is 45.3 Å². The van der Waals surface area contributed by atoms with Crippen molar-refractivity contribution < 1.29 is 19.1 Å². The smallest absolute Gasteiger partial charge is 0.317 e. The number of thioether (sulfide) groups is 1. The van der Waals surface area contributed by atoms with E-state index in [1.807, 2.05) is 4.90 Å². The second-order valence-electron chi connectivity index (χ2n) is 8.07. The van der Waals surface area contributed by atoms with Gasteiger partial charge in [0.25, 0.3) is 0 Å². The molecule has 158 valence electrons. The molecule has 1 aliphatic heterocycles. The molecule has 10 heteroatoms. The molecule has 0 atom stereocenters. The lowest BCUT2D eigenvalue weighted by Gasteiger charge is -2.29. The summed E-state index contributed by atoms with van der Waals surface area (Å²) in [6.45, 7) is 7.52. The van der Waals surface area contributed by atoms with E-state index in [0.717, 1.165) is 9.97 Å². The number of carbonyl (C=O) groups is 2. The molecular weight excluding hydrogens is 412 g/mol. The summed E-state index contributed by atoms with van der Waals surface area (Å²) in [5.74, 6) is 1.15. The lowest BCUT2D eigenvalue weighted by Crippen LogP contribution is -2.40. The van der Waals surface area contributed by atoms with Crippen molar-refractivity contribution in [2.24, 2.45) is 5.92 Å². The van der Waals surface area contributed by atoms with Gasteiger partial charge in [-0.15, -0.1) is 11.8 Å². The molecule has 0 unspecified atom stereocenters. The van der Waals surface area contributed by atoms with E-state index in [9.17, 15) is 9.59 Å². The van der Waals surface area contributed by atoms with Crippen molar-refractivity contribution in [2.45, 2.75) is 49.0 Å². The average Bonchev–Trinajstić information content (AvgIpc) is 3.29. The van der Waals surface area contributed by atoms with E-state index in [4.69, 9.17) is 9.52 Å². The van der Waals surface area contributed by atoms with Gasteiger partial charge in [0.2, 0.25) is 11.8 Å². The highest BCUT2D eigenvalue weighted by molar-refractivity contribution is 8.00. The molecule has 0 radical (unpaired) electrons. The zero-order valence-electron chi connectivity index (χ0n) is 16.8. The zero-order chi connectivity index (χ0) is 21.0. The molecule has 1 fully saturated rings. The molecule has 3 heterocycles. The van der Waals surface area contributed by atoms with E-state index in [1.165, 1.54) is 11.3 Å². The lowest BCUT2D eigenvalue weighted by atomic mass is 9.94. The summed E-state index contributed by atoms with van der Waals surface area (Å²) in [6, 6.07) is 0. The van der Waals surface area contributed by atoms with Gasteiger partial charge in [0, 0.05) is 11.3 Å². The fraction of sp³-hybridized carbons (Fsp3) is 0.579. The van der Waals surface area contributed by atoms with E-state index in [-0.39, 0.29) is 23.8 Å². The van der Waals surface area contributed by atoms with Crippen molar-refractivity contribution in [3.63, 3.8) is 0 Å². The van der Waals surface area contributed by atoms with Gasteiger partial charge in [0.15, 0.2) is 5.13 Å². The molecule has 0 saturated carbocycles. The number of aliphatic carboxylic acids is 1. The van der Waals surface area contributed by atoms with Crippen LogP contribution in [0.15, 0.2) is 21.0 Å². The molecule has 2 N–H and O–H groups in total. The highest BCUT2D eigenvalue weighted by Gasteiger charge is 2.26. The van der Waals surface area contributed by atoms with Crippen LogP contribution in [-0.2, 0) is 20.8 Å². The van der Waals surface area contributed by atoms with E-state index in [0.29, 0.717) is 42.7 Å². The van der Waals surface area contributed by atoms with Crippen LogP contribution in [0.2, 0.25) is 0 Å². The summed E-state index contributed by atoms with van der Waals surface area (Å²) in [7, 11) is 0. The minimum Gasteiger partial charge on any atom is -0.480 e. The van der Waals surface area contributed by atoms with E-state index in [2.05, 4.69) is 36.1 Å². The Morgan fingerprint density at radius 1 is 1.31 bits per heavy atom. The number of likely N-dealkylation sites (tertiary alicyclic amines) is 1. The third-order valence-electron chi connectivity index (χ3n) is 4.66. The number of aromatic nitrogens is 2. The molecule has 1 aliphatic rings. The van der Waals surface area contributed by atoms with Crippen LogP contribution < -0.4 is 5.32 Å². The first-order valence-electron chi connectivity index (χ1n) is 9.49. The van der Waals surface area contributed by atoms with E-state index < -0.39 is 5.97 Å². The first-order valence-corrected chi connectivity index (χ1v) is 11.3. The summed E-state index contributed by atoms with van der Waals surface area (Å²) in [4.78, 5) is 33.7. The average molecular weight is 439 g/mol. The number of carboxylic acids is 1. The third-order valence-corrected chi connectivity index (χ3v) is 6.75. The molecule has 1 saturated heterocycles. The maximum atomic E-state index is 12.5. The van der Waals surface area contributed by atoms with Crippen molar-refractivity contribution in [1.29, 1.82) is 0 Å². The number of hydrogen-bond donors (Lipinski definition) is 2. The second kappa shape index (κ2) is 9.27. The number of carbonyl (C=O) groups excluding carboxylic acids is 1. The summed E-state index contributed by atoms with van der Waals surface area (Å²) < 4.78 is 6.77. The van der Waals surface area contributed by atoms with Gasteiger partial charge in [-0.25, -0.2) is 9.97 Å². The molecule has 0 spiro atoms. The van der Waals surface area contributed by atoms with Crippen LogP contribution in [0.4, 0.5) is 5.13 Å². The molecule has 8 nitrogen and oxygen atoms in total. The Kier molecular flexibility index (Phi) is 6.97. The summed E-state index contributed by atoms with van der Waals surface area (Å²) >= 11 is 3.00. The quantitative estimate of drug-likeness (QED) is 0.633. The number of hydrogen-bond acceptors (Lipinski definition) is 8. The minimum atomic E-state index is -0.833. The standard InChI is InChI=1S/C19H26N4O4S2/c1-19(2,3)13-8-20-14(27-13)11-28-16-9-21-18(29-16)22-17(26)12-4-6-23(7-5-12)10-15(24)25/h8-9,12H,4-7,10-11H2,1-3H3,(H,24,25)(H,21,22,26). The Bertz CT molecular complexity index is 851. The molecule has 0 aromatic carbocycles. The van der Waals surface area contributed by atoms with E-state index >= 15 is 0 Å². The highest BCUT2D eigenvalue weighted by atomic mass is 32.2. The normalized spacial score (nSPS) is 16.1. The van der Waals surface area contributed by atoms with Crippen molar-refractivity contribution in [3.8, 4) is 0 Å². The van der Waals surface area contributed by atoms with Crippen LogP contribution in [-0.4, -0.2) is 51.5 Å². The van der Waals surface area contributed by atoms with Gasteiger partial charge in [-0.3, -0.25) is 14.5 Å². The molecule has 0 bridgehead atoms. The number of anilines is 1. The van der Waals surface area contributed by atoms with Gasteiger partial charge in [-0.1, -0.05) is 32.1 Å². The first kappa shape index (κ1) is 21.8. The highest BCUT2D eigenvalue weighted by Crippen LogP contribution is 2.32. The van der Waals surface area contributed by atoms with Gasteiger partial charge >= 0.3 is 5.97 Å². The van der Waals surface area contributed by atoms with Crippen molar-refractivity contribution in [1.82, 2.24) is 14.9 Å². The van der Waals surface area contributed by atoms with Crippen molar-refractivity contribution >= 4 is 40.1 Å². The number of carboxylic acid groups (broad SMARTS) is 1. The predicted octanol–water partition coefficient (Wildman–Crippen LogP) is 3.46. The van der Waals surface area contributed by atoms with Crippen LogP contribution >= 0.6 is 23.1 Å².